The first-order valence-corrected chi connectivity index (χ1v) is 8.43. The van der Waals surface area contributed by atoms with Crippen LogP contribution in [0.3, 0.4) is 0 Å². The molecule has 27 heavy (non-hydrogen) atoms. The molecule has 1 heterocycles. The van der Waals surface area contributed by atoms with Crippen LogP contribution >= 0.6 is 0 Å². The maximum absolute atomic E-state index is 12.7. The summed E-state index contributed by atoms with van der Waals surface area (Å²) < 4.78 is 12.0. The Morgan fingerprint density at radius 3 is 2.44 bits per heavy atom. The molecule has 1 aromatic heterocycles. The van der Waals surface area contributed by atoms with E-state index >= 15 is 0 Å². The predicted octanol–water partition coefficient (Wildman–Crippen LogP) is 2.86. The third-order valence-electron chi connectivity index (χ3n) is 4.48. The topological polar surface area (TPSA) is 109 Å². The van der Waals surface area contributed by atoms with E-state index in [2.05, 4.69) is 10.4 Å². The minimum absolute atomic E-state index is 0.0721. The van der Waals surface area contributed by atoms with Crippen molar-refractivity contribution in [2.75, 3.05) is 14.2 Å². The summed E-state index contributed by atoms with van der Waals surface area (Å²) in [5.41, 5.74) is 1.31. The van der Waals surface area contributed by atoms with Crippen molar-refractivity contribution in [2.24, 2.45) is 0 Å². The van der Waals surface area contributed by atoms with E-state index in [0.29, 0.717) is 17.2 Å². The number of methoxy groups -OCH3 is 2. The third kappa shape index (κ3) is 4.02. The van der Waals surface area contributed by atoms with E-state index in [1.165, 1.54) is 4.68 Å². The summed E-state index contributed by atoms with van der Waals surface area (Å²) >= 11 is 0. The summed E-state index contributed by atoms with van der Waals surface area (Å²) in [5, 5.41) is 18.2. The molecular formula is C18H24N4O5. The van der Waals surface area contributed by atoms with Crippen molar-refractivity contribution in [2.45, 2.75) is 39.8 Å². The van der Waals surface area contributed by atoms with Crippen LogP contribution in [0.2, 0.25) is 0 Å². The van der Waals surface area contributed by atoms with Crippen LogP contribution in [0.4, 0.5) is 5.69 Å². The van der Waals surface area contributed by atoms with Gasteiger partial charge in [-0.15, -0.1) is 0 Å². The zero-order chi connectivity index (χ0) is 20.3. The molecule has 0 aliphatic carbocycles. The molecule has 0 aliphatic heterocycles. The number of hydrogen-bond donors (Lipinski definition) is 1. The van der Waals surface area contributed by atoms with Crippen LogP contribution in [0.25, 0.3) is 0 Å². The monoisotopic (exact) mass is 376 g/mol. The van der Waals surface area contributed by atoms with Gasteiger partial charge in [0.05, 0.1) is 25.2 Å². The lowest BCUT2D eigenvalue weighted by molar-refractivity contribution is -0.386. The molecule has 2 unspecified atom stereocenters. The quantitative estimate of drug-likeness (QED) is 0.588. The lowest BCUT2D eigenvalue weighted by Gasteiger charge is -2.21. The van der Waals surface area contributed by atoms with Gasteiger partial charge in [-0.25, -0.2) is 0 Å². The number of ether oxygens (including phenoxy) is 2. The van der Waals surface area contributed by atoms with Gasteiger partial charge in [-0.3, -0.25) is 19.6 Å². The second-order valence-corrected chi connectivity index (χ2v) is 6.24. The largest absolute Gasteiger partial charge is 0.497 e. The van der Waals surface area contributed by atoms with Crippen molar-refractivity contribution in [3.05, 3.63) is 45.3 Å². The molecule has 9 nitrogen and oxygen atoms in total. The molecule has 0 saturated carbocycles. The first-order valence-electron chi connectivity index (χ1n) is 8.43. The maximum atomic E-state index is 12.7. The summed E-state index contributed by atoms with van der Waals surface area (Å²) in [6.45, 7) is 6.60. The summed E-state index contributed by atoms with van der Waals surface area (Å²) in [6.07, 6.45) is 0. The van der Waals surface area contributed by atoms with Gasteiger partial charge in [-0.05, 0) is 45.9 Å². The lowest BCUT2D eigenvalue weighted by atomic mass is 10.1. The number of amides is 1. The number of aromatic nitrogens is 2. The summed E-state index contributed by atoms with van der Waals surface area (Å²) in [6, 6.07) is 4.26. The van der Waals surface area contributed by atoms with Gasteiger partial charge in [0.2, 0.25) is 5.91 Å². The van der Waals surface area contributed by atoms with Crippen molar-refractivity contribution >= 4 is 11.6 Å². The van der Waals surface area contributed by atoms with Crippen LogP contribution in [0.5, 0.6) is 11.5 Å². The molecule has 2 aromatic rings. The van der Waals surface area contributed by atoms with E-state index in [1.807, 2.05) is 6.92 Å². The van der Waals surface area contributed by atoms with E-state index < -0.39 is 11.0 Å². The second kappa shape index (κ2) is 8.07. The van der Waals surface area contributed by atoms with Gasteiger partial charge in [-0.1, -0.05) is 0 Å². The van der Waals surface area contributed by atoms with E-state index in [9.17, 15) is 14.9 Å². The Bertz CT molecular complexity index is 862. The van der Waals surface area contributed by atoms with E-state index in [4.69, 9.17) is 9.47 Å². The highest BCUT2D eigenvalue weighted by molar-refractivity contribution is 5.80. The second-order valence-electron chi connectivity index (χ2n) is 6.24. The average Bonchev–Trinajstić information content (AvgIpc) is 2.94. The van der Waals surface area contributed by atoms with E-state index in [-0.39, 0.29) is 23.3 Å². The number of aryl methyl sites for hydroxylation is 1. The average molecular weight is 376 g/mol. The lowest BCUT2D eigenvalue weighted by Crippen LogP contribution is -2.34. The third-order valence-corrected chi connectivity index (χ3v) is 4.48. The summed E-state index contributed by atoms with van der Waals surface area (Å²) in [7, 11) is 3.12. The van der Waals surface area contributed by atoms with E-state index in [0.717, 1.165) is 5.56 Å². The Hall–Kier alpha value is -3.10. The number of hydrogen-bond acceptors (Lipinski definition) is 6. The number of carbonyl (C=O) groups is 1. The van der Waals surface area contributed by atoms with Crippen molar-refractivity contribution in [3.63, 3.8) is 0 Å². The first-order chi connectivity index (χ1) is 12.7. The number of nitrogens with zero attached hydrogens (tertiary/aromatic N) is 3. The fourth-order valence-electron chi connectivity index (χ4n) is 3.00. The molecule has 1 aromatic carbocycles. The standard InChI is InChI=1S/C18H24N4O5/c1-10(15-9-14(26-5)7-8-16(15)27-6)19-18(23)13(4)21-12(3)17(22(24)25)11(2)20-21/h7-10,13H,1-6H3,(H,19,23). The molecule has 9 heteroatoms. The number of nitro groups is 1. The highest BCUT2D eigenvalue weighted by Gasteiger charge is 2.28. The predicted molar refractivity (Wildman–Crippen MR) is 99.2 cm³/mol. The highest BCUT2D eigenvalue weighted by Crippen LogP contribution is 2.30. The Labute approximate surface area is 157 Å². The molecular weight excluding hydrogens is 352 g/mol. The van der Waals surface area contributed by atoms with Crippen LogP contribution in [-0.2, 0) is 4.79 Å². The van der Waals surface area contributed by atoms with Crippen LogP contribution < -0.4 is 14.8 Å². The van der Waals surface area contributed by atoms with Gasteiger partial charge in [-0.2, -0.15) is 5.10 Å². The Morgan fingerprint density at radius 1 is 1.26 bits per heavy atom. The van der Waals surface area contributed by atoms with Gasteiger partial charge in [0.1, 0.15) is 28.9 Å². The molecule has 2 atom stereocenters. The van der Waals surface area contributed by atoms with E-state index in [1.54, 1.807) is 53.2 Å². The van der Waals surface area contributed by atoms with Gasteiger partial charge < -0.3 is 14.8 Å². The molecule has 2 rings (SSSR count). The van der Waals surface area contributed by atoms with Gasteiger partial charge in [0, 0.05) is 5.56 Å². The van der Waals surface area contributed by atoms with Gasteiger partial charge in [0.15, 0.2) is 0 Å². The van der Waals surface area contributed by atoms with Gasteiger partial charge >= 0.3 is 5.69 Å². The zero-order valence-electron chi connectivity index (χ0n) is 16.3. The molecule has 0 fully saturated rings. The van der Waals surface area contributed by atoms with Crippen LogP contribution in [-0.4, -0.2) is 34.8 Å². The first kappa shape index (κ1) is 20.2. The minimum Gasteiger partial charge on any atom is -0.497 e. The highest BCUT2D eigenvalue weighted by atomic mass is 16.6. The molecule has 1 N–H and O–H groups in total. The van der Waals surface area contributed by atoms with Crippen molar-refractivity contribution in [1.29, 1.82) is 0 Å². The number of nitrogens with one attached hydrogen (secondary N) is 1. The molecule has 0 radical (unpaired) electrons. The van der Waals surface area contributed by atoms with Crippen LogP contribution in [0.1, 0.15) is 42.9 Å². The molecule has 0 aliphatic rings. The Balaban J connectivity index is 2.24. The normalized spacial score (nSPS) is 13.0. The minimum atomic E-state index is -0.712. The fourth-order valence-corrected chi connectivity index (χ4v) is 3.00. The SMILES string of the molecule is COc1ccc(OC)c(C(C)NC(=O)C(C)n2nc(C)c([N+](=O)[O-])c2C)c1. The van der Waals surface area contributed by atoms with Gasteiger partial charge in [0.25, 0.3) is 0 Å². The van der Waals surface area contributed by atoms with Crippen LogP contribution in [0, 0.1) is 24.0 Å². The Kier molecular flexibility index (Phi) is 6.04. The van der Waals surface area contributed by atoms with Crippen molar-refractivity contribution < 1.29 is 19.2 Å². The number of benzene rings is 1. The summed E-state index contributed by atoms with van der Waals surface area (Å²) in [5.74, 6) is 0.958. The van der Waals surface area contributed by atoms with Crippen LogP contribution in [0.15, 0.2) is 18.2 Å². The summed E-state index contributed by atoms with van der Waals surface area (Å²) in [4.78, 5) is 23.4. The Morgan fingerprint density at radius 2 is 1.93 bits per heavy atom. The molecule has 1 amide bonds. The fraction of sp³-hybridized carbons (Fsp3) is 0.444. The molecule has 0 bridgehead atoms. The van der Waals surface area contributed by atoms with Crippen molar-refractivity contribution in [1.82, 2.24) is 15.1 Å². The number of carbonyl (C=O) groups excluding carboxylic acids is 1. The van der Waals surface area contributed by atoms with Crippen molar-refractivity contribution in [3.8, 4) is 11.5 Å². The molecule has 0 spiro atoms. The molecule has 146 valence electrons. The zero-order valence-corrected chi connectivity index (χ0v) is 16.3. The molecule has 0 saturated heterocycles. The smallest absolute Gasteiger partial charge is 0.312 e. The maximum Gasteiger partial charge on any atom is 0.312 e. The number of rotatable bonds is 7.